The zero-order valence-corrected chi connectivity index (χ0v) is 20.5. The summed E-state index contributed by atoms with van der Waals surface area (Å²) in [5.74, 6) is 3.09. The summed E-state index contributed by atoms with van der Waals surface area (Å²) in [6.45, 7) is 10.6. The van der Waals surface area contributed by atoms with Crippen LogP contribution in [0.5, 0.6) is 11.5 Å². The minimum Gasteiger partial charge on any atom is -0.490 e. The van der Waals surface area contributed by atoms with E-state index < -0.39 is 0 Å². The SMILES string of the molecule is CCOc1cc2c(cc1OCC)CN(C(=O)CCc1nc(-c3ccc(C(C)C)cc3)no1)CC2. The third-order valence-electron chi connectivity index (χ3n) is 6.09. The van der Waals surface area contributed by atoms with Crippen LogP contribution in [0, 0.1) is 0 Å². The van der Waals surface area contributed by atoms with Crippen molar-refractivity contribution in [1.82, 2.24) is 15.0 Å². The lowest BCUT2D eigenvalue weighted by atomic mass is 9.98. The molecule has 0 saturated heterocycles. The highest BCUT2D eigenvalue weighted by Crippen LogP contribution is 2.34. The number of nitrogens with zero attached hydrogens (tertiary/aromatic N) is 3. The van der Waals surface area contributed by atoms with Gasteiger partial charge >= 0.3 is 0 Å². The molecule has 34 heavy (non-hydrogen) atoms. The van der Waals surface area contributed by atoms with Crippen molar-refractivity contribution in [2.45, 2.75) is 59.4 Å². The molecule has 1 amide bonds. The molecular formula is C27H33N3O4. The van der Waals surface area contributed by atoms with Crippen LogP contribution in [-0.4, -0.2) is 40.7 Å². The van der Waals surface area contributed by atoms with E-state index in [4.69, 9.17) is 14.0 Å². The predicted octanol–water partition coefficient (Wildman–Crippen LogP) is 5.17. The maximum atomic E-state index is 12.9. The number of ether oxygens (including phenoxy) is 2. The van der Waals surface area contributed by atoms with E-state index in [1.54, 1.807) is 0 Å². The zero-order valence-electron chi connectivity index (χ0n) is 20.5. The molecule has 0 unspecified atom stereocenters. The van der Waals surface area contributed by atoms with Crippen molar-refractivity contribution in [3.63, 3.8) is 0 Å². The Bertz CT molecular complexity index is 1120. The van der Waals surface area contributed by atoms with Crippen LogP contribution in [-0.2, 0) is 24.2 Å². The first-order valence-electron chi connectivity index (χ1n) is 12.1. The average Bonchev–Trinajstić information content (AvgIpc) is 3.32. The number of aryl methyl sites for hydroxylation is 1. The molecule has 4 rings (SSSR count). The molecule has 0 radical (unpaired) electrons. The van der Waals surface area contributed by atoms with Gasteiger partial charge in [-0.05, 0) is 55.0 Å². The third kappa shape index (κ3) is 5.41. The first-order valence-corrected chi connectivity index (χ1v) is 12.1. The lowest BCUT2D eigenvalue weighted by Gasteiger charge is -2.30. The summed E-state index contributed by atoms with van der Waals surface area (Å²) in [5, 5.41) is 4.09. The summed E-state index contributed by atoms with van der Waals surface area (Å²) in [4.78, 5) is 19.3. The Labute approximate surface area is 201 Å². The molecule has 0 fully saturated rings. The second kappa shape index (κ2) is 10.7. The van der Waals surface area contributed by atoms with Crippen LogP contribution in [0.4, 0.5) is 0 Å². The second-order valence-electron chi connectivity index (χ2n) is 8.79. The number of fused-ring (bicyclic) bond motifs is 1. The molecule has 2 heterocycles. The first-order chi connectivity index (χ1) is 16.5. The van der Waals surface area contributed by atoms with Gasteiger partial charge in [-0.1, -0.05) is 43.3 Å². The van der Waals surface area contributed by atoms with Crippen LogP contribution < -0.4 is 9.47 Å². The summed E-state index contributed by atoms with van der Waals surface area (Å²) >= 11 is 0. The molecule has 7 nitrogen and oxygen atoms in total. The fourth-order valence-corrected chi connectivity index (χ4v) is 4.18. The minimum atomic E-state index is 0.0820. The van der Waals surface area contributed by atoms with Gasteiger partial charge in [-0.2, -0.15) is 4.98 Å². The lowest BCUT2D eigenvalue weighted by Crippen LogP contribution is -2.36. The monoisotopic (exact) mass is 463 g/mol. The van der Waals surface area contributed by atoms with Gasteiger partial charge in [0.15, 0.2) is 11.5 Å². The molecule has 1 aliphatic rings. The number of carbonyl (C=O) groups is 1. The topological polar surface area (TPSA) is 77.7 Å². The number of rotatable bonds is 9. The highest BCUT2D eigenvalue weighted by molar-refractivity contribution is 5.76. The number of hydrogen-bond donors (Lipinski definition) is 0. The molecule has 7 heteroatoms. The lowest BCUT2D eigenvalue weighted by molar-refractivity contribution is -0.132. The number of benzene rings is 2. The van der Waals surface area contributed by atoms with E-state index in [2.05, 4.69) is 42.2 Å². The van der Waals surface area contributed by atoms with Crippen LogP contribution >= 0.6 is 0 Å². The molecule has 0 spiro atoms. The van der Waals surface area contributed by atoms with E-state index in [0.717, 1.165) is 29.0 Å². The van der Waals surface area contributed by atoms with Crippen molar-refractivity contribution in [3.8, 4) is 22.9 Å². The van der Waals surface area contributed by atoms with Gasteiger partial charge in [0.2, 0.25) is 17.6 Å². The smallest absolute Gasteiger partial charge is 0.227 e. The molecule has 2 aromatic carbocycles. The Morgan fingerprint density at radius 2 is 1.74 bits per heavy atom. The van der Waals surface area contributed by atoms with Gasteiger partial charge in [0.1, 0.15) is 0 Å². The van der Waals surface area contributed by atoms with Crippen LogP contribution in [0.1, 0.15) is 62.6 Å². The van der Waals surface area contributed by atoms with E-state index in [1.807, 2.05) is 36.9 Å². The fourth-order valence-electron chi connectivity index (χ4n) is 4.18. The number of hydrogen-bond acceptors (Lipinski definition) is 6. The minimum absolute atomic E-state index is 0.0820. The van der Waals surface area contributed by atoms with E-state index in [1.165, 1.54) is 11.1 Å². The summed E-state index contributed by atoms with van der Waals surface area (Å²) < 4.78 is 16.9. The molecule has 0 aliphatic carbocycles. The van der Waals surface area contributed by atoms with Crippen molar-refractivity contribution >= 4 is 5.91 Å². The Morgan fingerprint density at radius 1 is 1.06 bits per heavy atom. The van der Waals surface area contributed by atoms with E-state index in [-0.39, 0.29) is 5.91 Å². The standard InChI is InChI=1S/C27H33N3O4/c1-5-32-23-15-21-13-14-30(17-22(21)16-24(23)33-6-2)26(31)12-11-25-28-27(29-34-25)20-9-7-19(8-10-20)18(3)4/h7-10,15-16,18H,5-6,11-14,17H2,1-4H3. The van der Waals surface area contributed by atoms with Crippen LogP contribution in [0.2, 0.25) is 0 Å². The maximum Gasteiger partial charge on any atom is 0.227 e. The third-order valence-corrected chi connectivity index (χ3v) is 6.09. The molecule has 0 atom stereocenters. The maximum absolute atomic E-state index is 12.9. The molecule has 1 aliphatic heterocycles. The van der Waals surface area contributed by atoms with Crippen molar-refractivity contribution < 1.29 is 18.8 Å². The van der Waals surface area contributed by atoms with Gasteiger partial charge in [-0.15, -0.1) is 0 Å². The Morgan fingerprint density at radius 3 is 2.38 bits per heavy atom. The van der Waals surface area contributed by atoms with Crippen LogP contribution in [0.15, 0.2) is 40.9 Å². The molecular weight excluding hydrogens is 430 g/mol. The van der Waals surface area contributed by atoms with E-state index in [0.29, 0.717) is 56.8 Å². The molecule has 0 saturated carbocycles. The van der Waals surface area contributed by atoms with Gasteiger partial charge in [-0.25, -0.2) is 0 Å². The summed E-state index contributed by atoms with van der Waals surface area (Å²) in [6.07, 6.45) is 1.55. The molecule has 0 N–H and O–H groups in total. The molecule has 0 bridgehead atoms. The Kier molecular flexibility index (Phi) is 7.50. The predicted molar refractivity (Wildman–Crippen MR) is 130 cm³/mol. The van der Waals surface area contributed by atoms with E-state index in [9.17, 15) is 4.79 Å². The van der Waals surface area contributed by atoms with Gasteiger partial charge in [-0.3, -0.25) is 4.79 Å². The normalized spacial score (nSPS) is 13.1. The number of amides is 1. The van der Waals surface area contributed by atoms with Crippen molar-refractivity contribution in [3.05, 3.63) is 59.0 Å². The Hall–Kier alpha value is -3.35. The molecule has 180 valence electrons. The summed E-state index contributed by atoms with van der Waals surface area (Å²) in [5.41, 5.74) is 4.50. The van der Waals surface area contributed by atoms with E-state index >= 15 is 0 Å². The Balaban J connectivity index is 1.37. The van der Waals surface area contributed by atoms with Crippen molar-refractivity contribution in [2.24, 2.45) is 0 Å². The largest absolute Gasteiger partial charge is 0.490 e. The highest BCUT2D eigenvalue weighted by atomic mass is 16.5. The fraction of sp³-hybridized carbons (Fsp3) is 0.444. The van der Waals surface area contributed by atoms with Gasteiger partial charge in [0.05, 0.1) is 13.2 Å². The summed E-state index contributed by atoms with van der Waals surface area (Å²) in [7, 11) is 0. The van der Waals surface area contributed by atoms with Crippen molar-refractivity contribution in [1.29, 1.82) is 0 Å². The number of aromatic nitrogens is 2. The molecule has 1 aromatic heterocycles. The zero-order chi connectivity index (χ0) is 24.1. The first kappa shape index (κ1) is 23.8. The summed E-state index contributed by atoms with van der Waals surface area (Å²) in [6, 6.07) is 12.3. The quantitative estimate of drug-likeness (QED) is 0.435. The molecule has 3 aromatic rings. The van der Waals surface area contributed by atoms with Gasteiger partial charge < -0.3 is 18.9 Å². The van der Waals surface area contributed by atoms with Gasteiger partial charge in [0, 0.05) is 31.5 Å². The number of carbonyl (C=O) groups excluding carboxylic acids is 1. The second-order valence-corrected chi connectivity index (χ2v) is 8.79. The van der Waals surface area contributed by atoms with Crippen LogP contribution in [0.25, 0.3) is 11.4 Å². The highest BCUT2D eigenvalue weighted by Gasteiger charge is 2.23. The van der Waals surface area contributed by atoms with Gasteiger partial charge in [0.25, 0.3) is 0 Å². The van der Waals surface area contributed by atoms with Crippen LogP contribution in [0.3, 0.4) is 0 Å². The van der Waals surface area contributed by atoms with Crippen molar-refractivity contribution in [2.75, 3.05) is 19.8 Å². The average molecular weight is 464 g/mol.